The quantitative estimate of drug-likeness (QED) is 0.749. The number of aromatic nitrogens is 1. The monoisotopic (exact) mass is 239 g/mol. The first-order chi connectivity index (χ1) is 7.70. The van der Waals surface area contributed by atoms with Crippen LogP contribution in [0.15, 0.2) is 18.3 Å². The van der Waals surface area contributed by atoms with Gasteiger partial charge in [0, 0.05) is 31.9 Å². The molecule has 1 fully saturated rings. The van der Waals surface area contributed by atoms with E-state index >= 15 is 0 Å². The highest BCUT2D eigenvalue weighted by Crippen LogP contribution is 2.16. The van der Waals surface area contributed by atoms with Crippen molar-refractivity contribution in [2.24, 2.45) is 0 Å². The maximum atomic E-state index is 12.2. The fourth-order valence-corrected chi connectivity index (χ4v) is 2.04. The number of nitrogens with one attached hydrogen (secondary N) is 1. The first-order valence-corrected chi connectivity index (χ1v) is 5.70. The molecule has 1 aliphatic rings. The Kier molecular flexibility index (Phi) is 3.41. The SMILES string of the molecule is CC1CNCCN1C(=O)c1cccnc1Cl. The van der Waals surface area contributed by atoms with E-state index in [4.69, 9.17) is 11.6 Å². The lowest BCUT2D eigenvalue weighted by Gasteiger charge is -2.34. The maximum Gasteiger partial charge on any atom is 0.257 e. The van der Waals surface area contributed by atoms with Gasteiger partial charge in [-0.1, -0.05) is 11.6 Å². The number of piperazine rings is 1. The van der Waals surface area contributed by atoms with Gasteiger partial charge in [0.25, 0.3) is 5.91 Å². The van der Waals surface area contributed by atoms with Crippen molar-refractivity contribution in [1.29, 1.82) is 0 Å². The van der Waals surface area contributed by atoms with Crippen LogP contribution in [0.3, 0.4) is 0 Å². The van der Waals surface area contributed by atoms with Crippen molar-refractivity contribution in [1.82, 2.24) is 15.2 Å². The summed E-state index contributed by atoms with van der Waals surface area (Å²) in [5.74, 6) is -0.0351. The molecule has 0 aromatic carbocycles. The van der Waals surface area contributed by atoms with Gasteiger partial charge < -0.3 is 10.2 Å². The first-order valence-electron chi connectivity index (χ1n) is 5.32. The van der Waals surface area contributed by atoms with Crippen molar-refractivity contribution in [2.45, 2.75) is 13.0 Å². The van der Waals surface area contributed by atoms with Crippen LogP contribution in [0.2, 0.25) is 5.15 Å². The molecule has 0 saturated carbocycles. The van der Waals surface area contributed by atoms with Gasteiger partial charge in [-0.3, -0.25) is 4.79 Å². The second kappa shape index (κ2) is 4.80. The predicted octanol–water partition coefficient (Wildman–Crippen LogP) is 1.17. The third kappa shape index (κ3) is 2.18. The van der Waals surface area contributed by atoms with Crippen LogP contribution in [-0.4, -0.2) is 41.5 Å². The molecule has 4 nitrogen and oxygen atoms in total. The van der Waals surface area contributed by atoms with E-state index in [1.807, 2.05) is 11.8 Å². The standard InChI is InChI=1S/C11H14ClN3O/c1-8-7-13-5-6-15(8)11(16)9-3-2-4-14-10(9)12/h2-4,8,13H,5-7H2,1H3. The van der Waals surface area contributed by atoms with Crippen molar-refractivity contribution < 1.29 is 4.79 Å². The van der Waals surface area contributed by atoms with Gasteiger partial charge >= 0.3 is 0 Å². The summed E-state index contributed by atoms with van der Waals surface area (Å²) in [7, 11) is 0. The normalized spacial score (nSPS) is 20.9. The van der Waals surface area contributed by atoms with Gasteiger partial charge in [-0.2, -0.15) is 0 Å². The smallest absolute Gasteiger partial charge is 0.257 e. The molecule has 2 heterocycles. The molecule has 1 amide bonds. The summed E-state index contributed by atoms with van der Waals surface area (Å²) in [6, 6.07) is 3.64. The van der Waals surface area contributed by atoms with Gasteiger partial charge in [0.05, 0.1) is 5.56 Å². The number of halogens is 1. The highest BCUT2D eigenvalue weighted by Gasteiger charge is 2.25. The van der Waals surface area contributed by atoms with E-state index in [0.717, 1.165) is 13.1 Å². The van der Waals surface area contributed by atoms with E-state index in [1.165, 1.54) is 0 Å². The summed E-state index contributed by atoms with van der Waals surface area (Å²) in [6.07, 6.45) is 1.58. The lowest BCUT2D eigenvalue weighted by Crippen LogP contribution is -2.52. The lowest BCUT2D eigenvalue weighted by atomic mass is 10.1. The number of amides is 1. The van der Waals surface area contributed by atoms with E-state index in [-0.39, 0.29) is 17.1 Å². The molecule has 0 aliphatic carbocycles. The Hall–Kier alpha value is -1.13. The summed E-state index contributed by atoms with van der Waals surface area (Å²) in [4.78, 5) is 18.0. The number of rotatable bonds is 1. The zero-order valence-corrected chi connectivity index (χ0v) is 9.87. The minimum atomic E-state index is -0.0351. The first kappa shape index (κ1) is 11.4. The Bertz CT molecular complexity index is 397. The number of pyridine rings is 1. The topological polar surface area (TPSA) is 45.2 Å². The average Bonchev–Trinajstić information content (AvgIpc) is 2.29. The van der Waals surface area contributed by atoms with Gasteiger partial charge in [-0.15, -0.1) is 0 Å². The lowest BCUT2D eigenvalue weighted by molar-refractivity contribution is 0.0655. The third-order valence-electron chi connectivity index (χ3n) is 2.75. The Morgan fingerprint density at radius 2 is 2.50 bits per heavy atom. The predicted molar refractivity (Wildman–Crippen MR) is 62.6 cm³/mol. The molecule has 1 aromatic heterocycles. The molecule has 1 saturated heterocycles. The van der Waals surface area contributed by atoms with E-state index in [1.54, 1.807) is 18.3 Å². The second-order valence-electron chi connectivity index (χ2n) is 3.89. The van der Waals surface area contributed by atoms with Crippen LogP contribution in [0.25, 0.3) is 0 Å². The minimum absolute atomic E-state index is 0.0351. The highest BCUT2D eigenvalue weighted by molar-refractivity contribution is 6.32. The Labute approximate surface area is 99.6 Å². The van der Waals surface area contributed by atoms with E-state index in [2.05, 4.69) is 10.3 Å². The number of hydrogen-bond donors (Lipinski definition) is 1. The molecule has 0 radical (unpaired) electrons. The molecule has 0 spiro atoms. The second-order valence-corrected chi connectivity index (χ2v) is 4.25. The van der Waals surface area contributed by atoms with Crippen LogP contribution in [0.1, 0.15) is 17.3 Å². The van der Waals surface area contributed by atoms with Gasteiger partial charge in [-0.25, -0.2) is 4.98 Å². The van der Waals surface area contributed by atoms with Crippen LogP contribution in [-0.2, 0) is 0 Å². The Balaban J connectivity index is 2.21. The summed E-state index contributed by atoms with van der Waals surface area (Å²) in [5, 5.41) is 3.52. The van der Waals surface area contributed by atoms with Gasteiger partial charge in [0.15, 0.2) is 0 Å². The van der Waals surface area contributed by atoms with Crippen LogP contribution >= 0.6 is 11.6 Å². The molecular weight excluding hydrogens is 226 g/mol. The van der Waals surface area contributed by atoms with Crippen LogP contribution in [0.4, 0.5) is 0 Å². The molecule has 16 heavy (non-hydrogen) atoms. The molecule has 1 N–H and O–H groups in total. The zero-order chi connectivity index (χ0) is 11.5. The van der Waals surface area contributed by atoms with Crippen molar-refractivity contribution >= 4 is 17.5 Å². The van der Waals surface area contributed by atoms with Crippen molar-refractivity contribution in [3.63, 3.8) is 0 Å². The third-order valence-corrected chi connectivity index (χ3v) is 3.05. The molecular formula is C11H14ClN3O. The summed E-state index contributed by atoms with van der Waals surface area (Å²) < 4.78 is 0. The molecule has 0 bridgehead atoms. The van der Waals surface area contributed by atoms with Gasteiger partial charge in [0.1, 0.15) is 5.15 Å². The van der Waals surface area contributed by atoms with Crippen LogP contribution in [0, 0.1) is 0 Å². The largest absolute Gasteiger partial charge is 0.333 e. The van der Waals surface area contributed by atoms with E-state index in [9.17, 15) is 4.79 Å². The molecule has 5 heteroatoms. The van der Waals surface area contributed by atoms with Crippen LogP contribution < -0.4 is 5.32 Å². The Morgan fingerprint density at radius 3 is 3.19 bits per heavy atom. The highest BCUT2D eigenvalue weighted by atomic mass is 35.5. The summed E-state index contributed by atoms with van der Waals surface area (Å²) in [6.45, 7) is 4.39. The molecule has 1 aliphatic heterocycles. The van der Waals surface area contributed by atoms with E-state index < -0.39 is 0 Å². The number of carbonyl (C=O) groups excluding carboxylic acids is 1. The fraction of sp³-hybridized carbons (Fsp3) is 0.455. The molecule has 86 valence electrons. The van der Waals surface area contributed by atoms with Crippen molar-refractivity contribution in [3.05, 3.63) is 29.0 Å². The molecule has 1 aromatic rings. The van der Waals surface area contributed by atoms with E-state index in [0.29, 0.717) is 12.1 Å². The van der Waals surface area contributed by atoms with Crippen molar-refractivity contribution in [2.75, 3.05) is 19.6 Å². The molecule has 2 rings (SSSR count). The van der Waals surface area contributed by atoms with Gasteiger partial charge in [-0.05, 0) is 19.1 Å². The van der Waals surface area contributed by atoms with Crippen molar-refractivity contribution in [3.8, 4) is 0 Å². The minimum Gasteiger partial charge on any atom is -0.333 e. The number of hydrogen-bond acceptors (Lipinski definition) is 3. The zero-order valence-electron chi connectivity index (χ0n) is 9.11. The molecule has 1 unspecified atom stereocenters. The Morgan fingerprint density at radius 1 is 1.69 bits per heavy atom. The summed E-state index contributed by atoms with van der Waals surface area (Å²) >= 11 is 5.91. The number of carbonyl (C=O) groups is 1. The molecule has 1 atom stereocenters. The number of nitrogens with zero attached hydrogens (tertiary/aromatic N) is 2. The average molecular weight is 240 g/mol. The maximum absolute atomic E-state index is 12.2. The summed E-state index contributed by atoms with van der Waals surface area (Å²) in [5.41, 5.74) is 0.484. The van der Waals surface area contributed by atoms with Crippen LogP contribution in [0.5, 0.6) is 0 Å². The van der Waals surface area contributed by atoms with Gasteiger partial charge in [0.2, 0.25) is 0 Å². The fourth-order valence-electron chi connectivity index (χ4n) is 1.84.